The van der Waals surface area contributed by atoms with Crippen molar-refractivity contribution in [2.75, 3.05) is 7.05 Å². The van der Waals surface area contributed by atoms with Gasteiger partial charge in [0.05, 0.1) is 0 Å². The van der Waals surface area contributed by atoms with Gasteiger partial charge in [-0.2, -0.15) is 0 Å². The molecule has 14 heavy (non-hydrogen) atoms. The van der Waals surface area contributed by atoms with Crippen LogP contribution >= 0.6 is 0 Å². The fourth-order valence-electron chi connectivity index (χ4n) is 0.539. The summed E-state index contributed by atoms with van der Waals surface area (Å²) in [7, 11) is 1.50. The third-order valence-electron chi connectivity index (χ3n) is 1.01. The highest BCUT2D eigenvalue weighted by Gasteiger charge is 1.77. The molecular formula is C13H33N. The molecule has 0 saturated carbocycles. The molecule has 0 aliphatic heterocycles. The first-order valence-corrected chi connectivity index (χ1v) is 6.02. The molecule has 90 valence electrons. The lowest BCUT2D eigenvalue weighted by Gasteiger charge is -1.87. The number of nitrogens with two attached hydrogens (primary N) is 1. The topological polar surface area (TPSA) is 26.0 Å². The van der Waals surface area contributed by atoms with Crippen molar-refractivity contribution in [3.63, 3.8) is 0 Å². The second-order valence-electron chi connectivity index (χ2n) is 2.49. The zero-order valence-corrected chi connectivity index (χ0v) is 11.4. The van der Waals surface area contributed by atoms with Crippen molar-refractivity contribution in [2.45, 2.75) is 66.7 Å². The Bertz CT molecular complexity index is 51.2. The van der Waals surface area contributed by atoms with Gasteiger partial charge in [-0.05, 0) is 19.9 Å². The number of rotatable bonds is 4. The van der Waals surface area contributed by atoms with Crippen LogP contribution < -0.4 is 5.73 Å². The standard InChI is InChI=1S/C7H14.C3H8.C2H6.CH5N/c1-3-5-7-6-4-2;1-3-2;2*1-2/h3H,1,4-7H2,2H3;3H2,1-2H3;1-2H3;2H2,1H3. The van der Waals surface area contributed by atoms with Crippen LogP contribution in [-0.4, -0.2) is 7.05 Å². The third kappa shape index (κ3) is 97.8. The molecule has 0 aliphatic carbocycles. The molecule has 1 heteroatoms. The molecule has 0 rings (SSSR count). The summed E-state index contributed by atoms with van der Waals surface area (Å²) < 4.78 is 0. The van der Waals surface area contributed by atoms with Gasteiger partial charge in [0.2, 0.25) is 0 Å². The van der Waals surface area contributed by atoms with Gasteiger partial charge in [-0.25, -0.2) is 0 Å². The zero-order chi connectivity index (χ0) is 12.2. The molecule has 0 atom stereocenters. The van der Waals surface area contributed by atoms with Crippen LogP contribution in [0.15, 0.2) is 12.7 Å². The van der Waals surface area contributed by atoms with Crippen LogP contribution in [-0.2, 0) is 0 Å². The Morgan fingerprint density at radius 2 is 1.36 bits per heavy atom. The van der Waals surface area contributed by atoms with Crippen LogP contribution in [0.2, 0.25) is 0 Å². The Kier molecular flexibility index (Phi) is 89.8. The maximum atomic E-state index is 4.50. The summed E-state index contributed by atoms with van der Waals surface area (Å²) in [6.45, 7) is 14.1. The lowest BCUT2D eigenvalue weighted by atomic mass is 10.2. The number of hydrogen-bond acceptors (Lipinski definition) is 1. The molecule has 0 heterocycles. The maximum Gasteiger partial charge on any atom is -0.0195 e. The molecule has 0 aromatic heterocycles. The van der Waals surface area contributed by atoms with Gasteiger partial charge in [-0.3, -0.25) is 0 Å². The van der Waals surface area contributed by atoms with E-state index in [0.29, 0.717) is 0 Å². The van der Waals surface area contributed by atoms with Gasteiger partial charge in [0, 0.05) is 0 Å². The van der Waals surface area contributed by atoms with Gasteiger partial charge in [0.15, 0.2) is 0 Å². The van der Waals surface area contributed by atoms with Crippen molar-refractivity contribution >= 4 is 0 Å². The van der Waals surface area contributed by atoms with Crippen molar-refractivity contribution in [2.24, 2.45) is 5.73 Å². The minimum atomic E-state index is 1.19. The van der Waals surface area contributed by atoms with Crippen LogP contribution in [0.1, 0.15) is 66.7 Å². The second-order valence-corrected chi connectivity index (χ2v) is 2.49. The number of allylic oxidation sites excluding steroid dienone is 1. The van der Waals surface area contributed by atoms with E-state index in [-0.39, 0.29) is 0 Å². The highest BCUT2D eigenvalue weighted by atomic mass is 14.4. The van der Waals surface area contributed by atoms with E-state index in [2.05, 4.69) is 33.1 Å². The van der Waals surface area contributed by atoms with Crippen LogP contribution in [0.4, 0.5) is 0 Å². The van der Waals surface area contributed by atoms with E-state index in [4.69, 9.17) is 0 Å². The summed E-state index contributed by atoms with van der Waals surface area (Å²) in [6.07, 6.45) is 8.41. The van der Waals surface area contributed by atoms with Gasteiger partial charge in [0.25, 0.3) is 0 Å². The summed E-state index contributed by atoms with van der Waals surface area (Å²) in [5, 5.41) is 0. The minimum Gasteiger partial charge on any atom is -0.333 e. The van der Waals surface area contributed by atoms with E-state index < -0.39 is 0 Å². The highest BCUT2D eigenvalue weighted by Crippen LogP contribution is 1.97. The Morgan fingerprint density at radius 1 is 1.00 bits per heavy atom. The van der Waals surface area contributed by atoms with Crippen molar-refractivity contribution in [1.29, 1.82) is 0 Å². The average molecular weight is 203 g/mol. The number of unbranched alkanes of at least 4 members (excludes halogenated alkanes) is 3. The molecule has 0 bridgehead atoms. The summed E-state index contributed by atoms with van der Waals surface area (Å²) in [6, 6.07) is 0. The third-order valence-corrected chi connectivity index (χ3v) is 1.01. The van der Waals surface area contributed by atoms with E-state index in [1.165, 1.54) is 39.2 Å². The summed E-state index contributed by atoms with van der Waals surface area (Å²) in [5.74, 6) is 0. The lowest BCUT2D eigenvalue weighted by molar-refractivity contribution is 0.730. The van der Waals surface area contributed by atoms with Crippen LogP contribution in [0.5, 0.6) is 0 Å². The van der Waals surface area contributed by atoms with Crippen molar-refractivity contribution in [1.82, 2.24) is 0 Å². The first-order chi connectivity index (χ1) is 6.83. The Morgan fingerprint density at radius 3 is 1.57 bits per heavy atom. The molecule has 0 amide bonds. The van der Waals surface area contributed by atoms with E-state index >= 15 is 0 Å². The molecule has 1 nitrogen and oxygen atoms in total. The first kappa shape index (κ1) is 23.5. The molecule has 0 aromatic carbocycles. The average Bonchev–Trinajstić information content (AvgIpc) is 2.26. The SMILES string of the molecule is C=CCCCCC.CC.CCC.CN. The number of hydrogen-bond donors (Lipinski definition) is 1. The summed E-state index contributed by atoms with van der Waals surface area (Å²) >= 11 is 0. The molecular weight excluding hydrogens is 170 g/mol. The van der Waals surface area contributed by atoms with E-state index in [1.807, 2.05) is 19.9 Å². The van der Waals surface area contributed by atoms with E-state index in [0.717, 1.165) is 0 Å². The van der Waals surface area contributed by atoms with Crippen LogP contribution in [0, 0.1) is 0 Å². The molecule has 0 fully saturated rings. The zero-order valence-electron chi connectivity index (χ0n) is 11.4. The molecule has 0 spiro atoms. The molecule has 0 aromatic rings. The van der Waals surface area contributed by atoms with Crippen molar-refractivity contribution in [3.05, 3.63) is 12.7 Å². The summed E-state index contributed by atoms with van der Waals surface area (Å²) in [4.78, 5) is 0. The predicted molar refractivity (Wildman–Crippen MR) is 71.8 cm³/mol. The van der Waals surface area contributed by atoms with Crippen LogP contribution in [0.3, 0.4) is 0 Å². The van der Waals surface area contributed by atoms with Crippen molar-refractivity contribution in [3.8, 4) is 0 Å². The summed E-state index contributed by atoms with van der Waals surface area (Å²) in [5.41, 5.74) is 4.50. The van der Waals surface area contributed by atoms with Crippen molar-refractivity contribution < 1.29 is 0 Å². The minimum absolute atomic E-state index is 1.19. The molecule has 2 N–H and O–H groups in total. The smallest absolute Gasteiger partial charge is 0.0195 e. The largest absolute Gasteiger partial charge is 0.333 e. The lowest BCUT2D eigenvalue weighted by Crippen LogP contribution is -1.69. The normalized spacial score (nSPS) is 6.50. The second kappa shape index (κ2) is 53.5. The van der Waals surface area contributed by atoms with Crippen LogP contribution in [0.25, 0.3) is 0 Å². The van der Waals surface area contributed by atoms with Gasteiger partial charge < -0.3 is 5.73 Å². The Balaban J connectivity index is -0.0000000603. The fourth-order valence-corrected chi connectivity index (χ4v) is 0.539. The van der Waals surface area contributed by atoms with Gasteiger partial charge in [-0.1, -0.05) is 60.0 Å². The van der Waals surface area contributed by atoms with Gasteiger partial charge >= 0.3 is 0 Å². The van der Waals surface area contributed by atoms with E-state index in [9.17, 15) is 0 Å². The van der Waals surface area contributed by atoms with Gasteiger partial charge in [0.1, 0.15) is 0 Å². The molecule has 0 unspecified atom stereocenters. The molecule has 0 radical (unpaired) electrons. The quantitative estimate of drug-likeness (QED) is 0.517. The monoisotopic (exact) mass is 203 g/mol. The molecule has 0 saturated heterocycles. The fraction of sp³-hybridized carbons (Fsp3) is 0.846. The maximum absolute atomic E-state index is 4.50. The first-order valence-electron chi connectivity index (χ1n) is 6.02. The van der Waals surface area contributed by atoms with E-state index in [1.54, 1.807) is 0 Å². The Hall–Kier alpha value is -0.300. The van der Waals surface area contributed by atoms with Gasteiger partial charge in [-0.15, -0.1) is 6.58 Å². The Labute approximate surface area is 92.8 Å². The predicted octanol–water partition coefficient (Wildman–Crippen LogP) is 4.77. The highest BCUT2D eigenvalue weighted by molar-refractivity contribution is 4.64. The molecule has 0 aliphatic rings.